The number of hydrogen-bond acceptors (Lipinski definition) is 1. The number of nitrogens with zero attached hydrogens (tertiary/aromatic N) is 1. The van der Waals surface area contributed by atoms with Crippen molar-refractivity contribution in [3.8, 4) is 0 Å². The van der Waals surface area contributed by atoms with Crippen molar-refractivity contribution in [2.45, 2.75) is 25.8 Å². The van der Waals surface area contributed by atoms with E-state index in [0.29, 0.717) is 13.0 Å². The first-order valence-corrected chi connectivity index (χ1v) is 8.69. The van der Waals surface area contributed by atoms with Crippen LogP contribution < -0.4 is 0 Å². The Kier molecular flexibility index (Phi) is 4.04. The van der Waals surface area contributed by atoms with Crippen LogP contribution in [0.3, 0.4) is 0 Å². The van der Waals surface area contributed by atoms with Crippen LogP contribution in [0.4, 0.5) is 4.39 Å². The molecule has 1 atom stereocenters. The van der Waals surface area contributed by atoms with Gasteiger partial charge in [0.1, 0.15) is 5.82 Å². The fourth-order valence-electron chi connectivity index (χ4n) is 3.85. The molecule has 2 aromatic carbocycles. The fraction of sp³-hybridized carbons (Fsp3) is 0.286. The highest BCUT2D eigenvalue weighted by molar-refractivity contribution is 5.87. The molecule has 0 saturated carbocycles. The van der Waals surface area contributed by atoms with Crippen LogP contribution in [0.2, 0.25) is 0 Å². The van der Waals surface area contributed by atoms with Crippen molar-refractivity contribution >= 4 is 16.8 Å². The number of fused-ring (bicyclic) bond motifs is 3. The average Bonchev–Trinajstić information content (AvgIpc) is 2.99. The van der Waals surface area contributed by atoms with Crippen LogP contribution in [-0.4, -0.2) is 22.8 Å². The molecule has 25 heavy (non-hydrogen) atoms. The number of amides is 1. The quantitative estimate of drug-likeness (QED) is 0.769. The molecular formula is C21H21FN2O. The second-order valence-electron chi connectivity index (χ2n) is 6.89. The number of H-pyrrole nitrogens is 1. The Morgan fingerprint density at radius 1 is 1.24 bits per heavy atom. The van der Waals surface area contributed by atoms with E-state index in [2.05, 4.69) is 4.98 Å². The third-order valence-electron chi connectivity index (χ3n) is 5.14. The predicted octanol–water partition coefficient (Wildman–Crippen LogP) is 4.07. The largest absolute Gasteiger partial charge is 0.358 e. The number of aromatic nitrogens is 1. The van der Waals surface area contributed by atoms with Gasteiger partial charge in [-0.25, -0.2) is 4.39 Å². The Balaban J connectivity index is 1.54. The summed E-state index contributed by atoms with van der Waals surface area (Å²) in [5, 5.41) is 0.915. The Labute approximate surface area is 146 Å². The monoisotopic (exact) mass is 336 g/mol. The molecule has 4 heteroatoms. The summed E-state index contributed by atoms with van der Waals surface area (Å²) in [4.78, 5) is 18.1. The van der Waals surface area contributed by atoms with Crippen LogP contribution in [0.15, 0.2) is 48.5 Å². The van der Waals surface area contributed by atoms with Gasteiger partial charge in [-0.15, -0.1) is 0 Å². The zero-order valence-corrected chi connectivity index (χ0v) is 14.3. The van der Waals surface area contributed by atoms with E-state index < -0.39 is 0 Å². The Bertz CT molecular complexity index is 916. The molecule has 1 amide bonds. The minimum atomic E-state index is -0.232. The maximum atomic E-state index is 13.6. The maximum Gasteiger partial charge on any atom is 0.226 e. The highest BCUT2D eigenvalue weighted by Gasteiger charge is 2.29. The molecule has 0 spiro atoms. The van der Waals surface area contributed by atoms with Crippen molar-refractivity contribution in [3.63, 3.8) is 0 Å². The van der Waals surface area contributed by atoms with Gasteiger partial charge in [0.25, 0.3) is 0 Å². The first-order valence-electron chi connectivity index (χ1n) is 8.69. The molecule has 0 bridgehead atoms. The highest BCUT2D eigenvalue weighted by atomic mass is 19.1. The molecule has 3 nitrogen and oxygen atoms in total. The van der Waals surface area contributed by atoms with E-state index >= 15 is 0 Å². The zero-order valence-electron chi connectivity index (χ0n) is 14.3. The average molecular weight is 336 g/mol. The summed E-state index contributed by atoms with van der Waals surface area (Å²) in [6, 6.07) is 14.8. The van der Waals surface area contributed by atoms with Gasteiger partial charge in [-0.1, -0.05) is 30.3 Å². The van der Waals surface area contributed by atoms with Crippen LogP contribution >= 0.6 is 0 Å². The summed E-state index contributed by atoms with van der Waals surface area (Å²) in [6.07, 6.45) is 2.35. The van der Waals surface area contributed by atoms with Gasteiger partial charge < -0.3 is 9.88 Å². The minimum Gasteiger partial charge on any atom is -0.358 e. The second kappa shape index (κ2) is 6.36. The molecular weight excluding hydrogens is 315 g/mol. The van der Waals surface area contributed by atoms with E-state index in [9.17, 15) is 9.18 Å². The molecule has 1 heterocycles. The van der Waals surface area contributed by atoms with Crippen LogP contribution in [0, 0.1) is 11.7 Å². The van der Waals surface area contributed by atoms with Crippen LogP contribution in [0.1, 0.15) is 23.2 Å². The smallest absolute Gasteiger partial charge is 0.226 e. The molecule has 0 fully saturated rings. The molecule has 128 valence electrons. The Morgan fingerprint density at radius 3 is 2.84 bits per heavy atom. The van der Waals surface area contributed by atoms with Crippen molar-refractivity contribution in [2.75, 3.05) is 7.05 Å². The third-order valence-corrected chi connectivity index (χ3v) is 5.14. The molecule has 1 aliphatic rings. The number of nitrogens with one attached hydrogen (secondary N) is 1. The van der Waals surface area contributed by atoms with Gasteiger partial charge in [0.15, 0.2) is 0 Å². The summed E-state index contributed by atoms with van der Waals surface area (Å²) in [5.74, 6) is -0.104. The van der Waals surface area contributed by atoms with E-state index in [-0.39, 0.29) is 17.6 Å². The molecule has 4 rings (SSSR count). The highest BCUT2D eigenvalue weighted by Crippen LogP contribution is 2.33. The number of hydrogen-bond donors (Lipinski definition) is 1. The second-order valence-corrected chi connectivity index (χ2v) is 6.89. The summed E-state index contributed by atoms with van der Waals surface area (Å²) < 4.78 is 13.6. The maximum absolute atomic E-state index is 13.6. The van der Waals surface area contributed by atoms with Crippen molar-refractivity contribution < 1.29 is 9.18 Å². The van der Waals surface area contributed by atoms with Crippen LogP contribution in [0.5, 0.6) is 0 Å². The topological polar surface area (TPSA) is 36.1 Å². The van der Waals surface area contributed by atoms with Gasteiger partial charge >= 0.3 is 0 Å². The normalized spacial score (nSPS) is 16.6. The van der Waals surface area contributed by atoms with E-state index in [1.807, 2.05) is 37.4 Å². The Hall–Kier alpha value is -2.62. The fourth-order valence-corrected chi connectivity index (χ4v) is 3.85. The van der Waals surface area contributed by atoms with Gasteiger partial charge in [-0.2, -0.15) is 0 Å². The molecule has 1 aliphatic carbocycles. The van der Waals surface area contributed by atoms with Gasteiger partial charge in [0, 0.05) is 36.1 Å². The predicted molar refractivity (Wildman–Crippen MR) is 96.7 cm³/mol. The number of benzene rings is 2. The number of carbonyl (C=O) groups is 1. The summed E-state index contributed by atoms with van der Waals surface area (Å²) in [7, 11) is 1.86. The molecule has 1 N–H and O–H groups in total. The number of aromatic amines is 1. The molecule has 0 saturated heterocycles. The SMILES string of the molecule is CN(Cc1ccccc1)C(=O)C1CCc2[nH]c3ccc(F)cc3c2C1. The molecule has 0 aliphatic heterocycles. The third kappa shape index (κ3) is 3.04. The first-order chi connectivity index (χ1) is 12.1. The Morgan fingerprint density at radius 2 is 2.04 bits per heavy atom. The summed E-state index contributed by atoms with van der Waals surface area (Å²) in [5.41, 5.74) is 4.34. The number of rotatable bonds is 3. The lowest BCUT2D eigenvalue weighted by molar-refractivity contribution is -0.135. The number of halogens is 1. The van der Waals surface area contributed by atoms with Crippen molar-refractivity contribution in [1.29, 1.82) is 0 Å². The number of carbonyl (C=O) groups excluding carboxylic acids is 1. The van der Waals surface area contributed by atoms with E-state index in [1.54, 1.807) is 17.0 Å². The lowest BCUT2D eigenvalue weighted by Crippen LogP contribution is -2.35. The standard InChI is InChI=1S/C21H21FN2O/c1-24(13-14-5-3-2-4-6-14)21(25)15-7-9-19-17(11-15)18-12-16(22)8-10-20(18)23-19/h2-6,8,10,12,15,23H,7,9,11,13H2,1H3. The van der Waals surface area contributed by atoms with E-state index in [0.717, 1.165) is 40.6 Å². The van der Waals surface area contributed by atoms with E-state index in [4.69, 9.17) is 0 Å². The van der Waals surface area contributed by atoms with Crippen LogP contribution in [-0.2, 0) is 24.2 Å². The van der Waals surface area contributed by atoms with Gasteiger partial charge in [0.2, 0.25) is 5.91 Å². The first kappa shape index (κ1) is 15.9. The van der Waals surface area contributed by atoms with Gasteiger partial charge in [-0.05, 0) is 48.6 Å². The lowest BCUT2D eigenvalue weighted by Gasteiger charge is -2.27. The van der Waals surface area contributed by atoms with Gasteiger partial charge in [-0.3, -0.25) is 4.79 Å². The molecule has 3 aromatic rings. The molecule has 0 radical (unpaired) electrons. The summed E-state index contributed by atoms with van der Waals surface area (Å²) >= 11 is 0. The number of aryl methyl sites for hydroxylation is 1. The summed E-state index contributed by atoms with van der Waals surface area (Å²) in [6.45, 7) is 0.617. The zero-order chi connectivity index (χ0) is 17.4. The van der Waals surface area contributed by atoms with Crippen molar-refractivity contribution in [1.82, 2.24) is 9.88 Å². The van der Waals surface area contributed by atoms with Crippen LogP contribution in [0.25, 0.3) is 10.9 Å². The molecule has 1 unspecified atom stereocenters. The minimum absolute atomic E-state index is 0.0384. The van der Waals surface area contributed by atoms with Crippen molar-refractivity contribution in [3.05, 3.63) is 71.2 Å². The van der Waals surface area contributed by atoms with Gasteiger partial charge in [0.05, 0.1) is 0 Å². The molecule has 1 aromatic heterocycles. The van der Waals surface area contributed by atoms with Crippen molar-refractivity contribution in [2.24, 2.45) is 5.92 Å². The lowest BCUT2D eigenvalue weighted by atomic mass is 9.85. The van der Waals surface area contributed by atoms with E-state index in [1.165, 1.54) is 6.07 Å².